The fourth-order valence-corrected chi connectivity index (χ4v) is 0. The first-order valence-corrected chi connectivity index (χ1v) is 2.83. The molecule has 0 bridgehead atoms. The van der Waals surface area contributed by atoms with Crippen LogP contribution < -0.4 is 0 Å². The molecule has 68 valence electrons. The molecule has 10 heavy (non-hydrogen) atoms. The van der Waals surface area contributed by atoms with E-state index in [9.17, 15) is 0 Å². The smallest absolute Gasteiger partial charge is 0.0483 e. The molecule has 0 spiro atoms. The standard InChI is InChI=1S/2C3H8O.2ClH/c2*1-3(2)4;;/h2*3-4H,1-2H3;2*1H. The molecule has 0 saturated carbocycles. The van der Waals surface area contributed by atoms with Gasteiger partial charge in [0.25, 0.3) is 0 Å². The summed E-state index contributed by atoms with van der Waals surface area (Å²) in [6.45, 7) is 6.89. The minimum Gasteiger partial charge on any atom is -0.394 e. The van der Waals surface area contributed by atoms with Crippen molar-refractivity contribution in [3.8, 4) is 0 Å². The largest absolute Gasteiger partial charge is 0.394 e. The Bertz CT molecular complexity index is 29.2. The van der Waals surface area contributed by atoms with Gasteiger partial charge >= 0.3 is 0 Å². The van der Waals surface area contributed by atoms with Gasteiger partial charge in [0.1, 0.15) is 0 Å². The van der Waals surface area contributed by atoms with Crippen LogP contribution in [0.2, 0.25) is 0 Å². The van der Waals surface area contributed by atoms with E-state index in [-0.39, 0.29) is 37.0 Å². The monoisotopic (exact) mass is 192 g/mol. The third-order valence-electron chi connectivity index (χ3n) is 0. The van der Waals surface area contributed by atoms with Gasteiger partial charge in [-0.25, -0.2) is 0 Å². The van der Waals surface area contributed by atoms with Gasteiger partial charge in [0, 0.05) is 12.2 Å². The Morgan fingerprint density at radius 3 is 0.700 bits per heavy atom. The maximum absolute atomic E-state index is 8.06. The Labute approximate surface area is 75.5 Å². The molecule has 0 rings (SSSR count). The molecule has 0 amide bonds. The van der Waals surface area contributed by atoms with Gasteiger partial charge in [-0.1, -0.05) is 0 Å². The average molecular weight is 193 g/mol. The van der Waals surface area contributed by atoms with Gasteiger partial charge in [0.2, 0.25) is 0 Å². The van der Waals surface area contributed by atoms with Crippen LogP contribution in [0.4, 0.5) is 0 Å². The van der Waals surface area contributed by atoms with Crippen molar-refractivity contribution in [3.05, 3.63) is 0 Å². The lowest BCUT2D eigenvalue weighted by Gasteiger charge is -1.80. The van der Waals surface area contributed by atoms with Gasteiger partial charge in [-0.3, -0.25) is 0 Å². The number of rotatable bonds is 0. The molecule has 0 heterocycles. The minimum absolute atomic E-state index is 0. The molecule has 0 saturated heterocycles. The zero-order valence-corrected chi connectivity index (χ0v) is 8.50. The molecule has 0 aromatic carbocycles. The van der Waals surface area contributed by atoms with Crippen LogP contribution >= 0.6 is 24.8 Å². The van der Waals surface area contributed by atoms with Crippen molar-refractivity contribution in [3.63, 3.8) is 0 Å². The number of hydrogen-bond donors (Lipinski definition) is 2. The van der Waals surface area contributed by atoms with Crippen LogP contribution in [-0.2, 0) is 0 Å². The van der Waals surface area contributed by atoms with Gasteiger partial charge in [-0.05, 0) is 27.7 Å². The molecule has 0 aliphatic rings. The normalized spacial score (nSPS) is 7.20. The summed E-state index contributed by atoms with van der Waals surface area (Å²) in [6, 6.07) is 0. The Hall–Kier alpha value is 0.500. The molecule has 2 N–H and O–H groups in total. The van der Waals surface area contributed by atoms with Crippen LogP contribution in [0.15, 0.2) is 0 Å². The van der Waals surface area contributed by atoms with Crippen LogP contribution in [0.3, 0.4) is 0 Å². The van der Waals surface area contributed by atoms with Crippen molar-refractivity contribution >= 4 is 24.8 Å². The summed E-state index contributed by atoms with van der Waals surface area (Å²) in [7, 11) is 0. The molecular weight excluding hydrogens is 175 g/mol. The molecule has 0 fully saturated rings. The summed E-state index contributed by atoms with van der Waals surface area (Å²) in [6.07, 6.45) is -0.333. The SMILES string of the molecule is CC(C)O.CC(C)O.Cl.Cl. The molecule has 0 unspecified atom stereocenters. The molecule has 0 aliphatic heterocycles. The van der Waals surface area contributed by atoms with Crippen molar-refractivity contribution in [1.29, 1.82) is 0 Å². The van der Waals surface area contributed by atoms with Crippen LogP contribution in [0.5, 0.6) is 0 Å². The molecule has 0 atom stereocenters. The van der Waals surface area contributed by atoms with Crippen LogP contribution in [0.1, 0.15) is 27.7 Å². The molecule has 0 aromatic rings. The lowest BCUT2D eigenvalue weighted by molar-refractivity contribution is 0.215. The highest BCUT2D eigenvalue weighted by atomic mass is 35.5. The summed E-state index contributed by atoms with van der Waals surface area (Å²) < 4.78 is 0. The fourth-order valence-electron chi connectivity index (χ4n) is 0. The Kier molecular flexibility index (Phi) is 36.4. The van der Waals surface area contributed by atoms with E-state index in [1.807, 2.05) is 0 Å². The van der Waals surface area contributed by atoms with Crippen molar-refractivity contribution in [2.45, 2.75) is 39.9 Å². The highest BCUT2D eigenvalue weighted by molar-refractivity contribution is 5.85. The van der Waals surface area contributed by atoms with Gasteiger partial charge in [0.15, 0.2) is 0 Å². The summed E-state index contributed by atoms with van der Waals surface area (Å²) >= 11 is 0. The first-order chi connectivity index (χ1) is 3.46. The summed E-state index contributed by atoms with van der Waals surface area (Å²) in [5.41, 5.74) is 0. The second kappa shape index (κ2) is 16.2. The van der Waals surface area contributed by atoms with Crippen LogP contribution in [0, 0.1) is 0 Å². The zero-order chi connectivity index (χ0) is 7.15. The fraction of sp³-hybridized carbons (Fsp3) is 1.00. The van der Waals surface area contributed by atoms with Gasteiger partial charge < -0.3 is 10.2 Å². The molecule has 0 aliphatic carbocycles. The highest BCUT2D eigenvalue weighted by Crippen LogP contribution is 1.65. The first-order valence-electron chi connectivity index (χ1n) is 2.83. The summed E-state index contributed by atoms with van der Waals surface area (Å²) in [5.74, 6) is 0. The maximum Gasteiger partial charge on any atom is 0.0483 e. The van der Waals surface area contributed by atoms with E-state index in [2.05, 4.69) is 0 Å². The quantitative estimate of drug-likeness (QED) is 0.613. The lowest BCUT2D eigenvalue weighted by atomic mass is 10.5. The average Bonchev–Trinajstić information content (AvgIpc) is 1.25. The first kappa shape index (κ1) is 22.4. The zero-order valence-electron chi connectivity index (χ0n) is 6.87. The van der Waals surface area contributed by atoms with Gasteiger partial charge in [-0.15, -0.1) is 24.8 Å². The number of hydrogen-bond acceptors (Lipinski definition) is 2. The number of halogens is 2. The third-order valence-corrected chi connectivity index (χ3v) is 0. The minimum atomic E-state index is -0.167. The molecule has 2 nitrogen and oxygen atoms in total. The summed E-state index contributed by atoms with van der Waals surface area (Å²) in [4.78, 5) is 0. The van der Waals surface area contributed by atoms with Crippen molar-refractivity contribution in [2.75, 3.05) is 0 Å². The van der Waals surface area contributed by atoms with Crippen LogP contribution in [0.25, 0.3) is 0 Å². The number of aliphatic hydroxyl groups excluding tert-OH is 2. The van der Waals surface area contributed by atoms with E-state index >= 15 is 0 Å². The lowest BCUT2D eigenvalue weighted by Crippen LogP contribution is -1.85. The van der Waals surface area contributed by atoms with E-state index < -0.39 is 0 Å². The Balaban J connectivity index is -0.0000000300. The molecule has 4 heteroatoms. The highest BCUT2D eigenvalue weighted by Gasteiger charge is 1.69. The number of aliphatic hydroxyl groups is 2. The summed E-state index contributed by atoms with van der Waals surface area (Å²) in [5, 5.41) is 16.1. The van der Waals surface area contributed by atoms with E-state index in [1.165, 1.54) is 0 Å². The molecule has 0 radical (unpaired) electrons. The Morgan fingerprint density at radius 1 is 0.700 bits per heavy atom. The van der Waals surface area contributed by atoms with Gasteiger partial charge in [0.05, 0.1) is 0 Å². The second-order valence-electron chi connectivity index (χ2n) is 2.19. The maximum atomic E-state index is 8.06. The van der Waals surface area contributed by atoms with Crippen LogP contribution in [-0.4, -0.2) is 22.4 Å². The van der Waals surface area contributed by atoms with E-state index in [4.69, 9.17) is 10.2 Å². The van der Waals surface area contributed by atoms with E-state index in [1.54, 1.807) is 27.7 Å². The topological polar surface area (TPSA) is 40.5 Å². The van der Waals surface area contributed by atoms with Crippen molar-refractivity contribution in [1.82, 2.24) is 0 Å². The molecule has 0 aromatic heterocycles. The predicted octanol–water partition coefficient (Wildman–Crippen LogP) is 1.62. The third kappa shape index (κ3) is 1910. The predicted molar refractivity (Wildman–Crippen MR) is 49.2 cm³/mol. The molecular formula is C6H18Cl2O2. The van der Waals surface area contributed by atoms with Crippen molar-refractivity contribution < 1.29 is 10.2 Å². The van der Waals surface area contributed by atoms with Crippen molar-refractivity contribution in [2.24, 2.45) is 0 Å². The van der Waals surface area contributed by atoms with Gasteiger partial charge in [-0.2, -0.15) is 0 Å². The van der Waals surface area contributed by atoms with E-state index in [0.717, 1.165) is 0 Å². The van der Waals surface area contributed by atoms with E-state index in [0.29, 0.717) is 0 Å². The Morgan fingerprint density at radius 2 is 0.700 bits per heavy atom. The second-order valence-corrected chi connectivity index (χ2v) is 2.19.